The van der Waals surface area contributed by atoms with Gasteiger partial charge in [-0.05, 0) is 33.1 Å². The van der Waals surface area contributed by atoms with Crippen molar-refractivity contribution in [1.82, 2.24) is 10.2 Å². The summed E-state index contributed by atoms with van der Waals surface area (Å²) < 4.78 is 0. The fourth-order valence-electron chi connectivity index (χ4n) is 2.46. The Morgan fingerprint density at radius 2 is 2.06 bits per heavy atom. The van der Waals surface area contributed by atoms with Crippen LogP contribution < -0.4 is 5.32 Å². The molecule has 1 saturated heterocycles. The van der Waals surface area contributed by atoms with Crippen LogP contribution in [0.5, 0.6) is 0 Å². The van der Waals surface area contributed by atoms with E-state index in [-0.39, 0.29) is 29.9 Å². The third kappa shape index (κ3) is 1.84. The van der Waals surface area contributed by atoms with Crippen molar-refractivity contribution in [2.75, 3.05) is 0 Å². The maximum Gasteiger partial charge on any atom is 0.245 e. The molecule has 16 heavy (non-hydrogen) atoms. The van der Waals surface area contributed by atoms with E-state index >= 15 is 0 Å². The van der Waals surface area contributed by atoms with E-state index in [2.05, 4.69) is 17.5 Å². The number of nitrogens with zero attached hydrogens (tertiary/aromatic N) is 1. The molecule has 4 heteroatoms. The van der Waals surface area contributed by atoms with E-state index in [4.69, 9.17) is 0 Å². The number of allylic oxidation sites excluding steroid dienone is 1. The Morgan fingerprint density at radius 3 is 2.69 bits per heavy atom. The van der Waals surface area contributed by atoms with Crippen LogP contribution >= 0.6 is 0 Å². The number of hydrogen-bond acceptors (Lipinski definition) is 2. The minimum Gasteiger partial charge on any atom is -0.343 e. The summed E-state index contributed by atoms with van der Waals surface area (Å²) in [6.07, 6.45) is 7.07. The second-order valence-electron chi connectivity index (χ2n) is 4.59. The average molecular weight is 222 g/mol. The minimum atomic E-state index is -0.380. The molecule has 3 unspecified atom stereocenters. The van der Waals surface area contributed by atoms with Gasteiger partial charge in [0.2, 0.25) is 11.8 Å². The maximum absolute atomic E-state index is 12.1. The van der Waals surface area contributed by atoms with Gasteiger partial charge >= 0.3 is 0 Å². The highest BCUT2D eigenvalue weighted by Crippen LogP contribution is 2.22. The standard InChI is InChI=1S/C12H18N2O2/c1-8-12(16)14(9(2)11(15)13-8)10-6-4-3-5-7-10/h3-4,8-10H,5-7H2,1-2H3,(H,13,15). The summed E-state index contributed by atoms with van der Waals surface area (Å²) in [7, 11) is 0. The van der Waals surface area contributed by atoms with Crippen LogP contribution in [0.3, 0.4) is 0 Å². The van der Waals surface area contributed by atoms with Gasteiger partial charge in [-0.1, -0.05) is 12.2 Å². The molecular formula is C12H18N2O2. The Hall–Kier alpha value is -1.32. The molecule has 1 fully saturated rings. The van der Waals surface area contributed by atoms with Gasteiger partial charge < -0.3 is 10.2 Å². The van der Waals surface area contributed by atoms with Gasteiger partial charge in [0.15, 0.2) is 0 Å². The molecule has 0 aromatic carbocycles. The highest BCUT2D eigenvalue weighted by molar-refractivity contribution is 5.96. The molecule has 2 aliphatic rings. The summed E-state index contributed by atoms with van der Waals surface area (Å²) >= 11 is 0. The third-order valence-electron chi connectivity index (χ3n) is 3.42. The van der Waals surface area contributed by atoms with Crippen LogP contribution in [0.2, 0.25) is 0 Å². The molecule has 0 spiro atoms. The zero-order chi connectivity index (χ0) is 11.7. The van der Waals surface area contributed by atoms with Gasteiger partial charge in [-0.2, -0.15) is 0 Å². The third-order valence-corrected chi connectivity index (χ3v) is 3.42. The number of piperazine rings is 1. The number of nitrogens with one attached hydrogen (secondary N) is 1. The van der Waals surface area contributed by atoms with Gasteiger partial charge in [0.1, 0.15) is 12.1 Å². The molecule has 1 aliphatic heterocycles. The lowest BCUT2D eigenvalue weighted by atomic mass is 9.96. The number of rotatable bonds is 1. The van der Waals surface area contributed by atoms with Crippen LogP contribution in [-0.2, 0) is 9.59 Å². The molecular weight excluding hydrogens is 204 g/mol. The Morgan fingerprint density at radius 1 is 1.31 bits per heavy atom. The Bertz CT molecular complexity index is 338. The zero-order valence-corrected chi connectivity index (χ0v) is 9.77. The lowest BCUT2D eigenvalue weighted by Crippen LogP contribution is -2.64. The van der Waals surface area contributed by atoms with Crippen molar-refractivity contribution >= 4 is 11.8 Å². The summed E-state index contributed by atoms with van der Waals surface area (Å²) in [4.78, 5) is 25.5. The molecule has 1 aliphatic carbocycles. The van der Waals surface area contributed by atoms with Crippen molar-refractivity contribution in [2.24, 2.45) is 0 Å². The zero-order valence-electron chi connectivity index (χ0n) is 9.77. The van der Waals surface area contributed by atoms with Crippen molar-refractivity contribution in [3.63, 3.8) is 0 Å². The van der Waals surface area contributed by atoms with Crippen molar-refractivity contribution in [3.8, 4) is 0 Å². The Labute approximate surface area is 95.7 Å². The molecule has 3 atom stereocenters. The van der Waals surface area contributed by atoms with Crippen LogP contribution in [0.25, 0.3) is 0 Å². The van der Waals surface area contributed by atoms with E-state index in [1.807, 2.05) is 0 Å². The fraction of sp³-hybridized carbons (Fsp3) is 0.667. The Kier molecular flexibility index (Phi) is 2.99. The predicted molar refractivity (Wildman–Crippen MR) is 60.7 cm³/mol. The lowest BCUT2D eigenvalue weighted by molar-refractivity contribution is -0.151. The number of carbonyl (C=O) groups is 2. The molecule has 2 amide bonds. The first-order chi connectivity index (χ1) is 7.61. The van der Waals surface area contributed by atoms with E-state index in [9.17, 15) is 9.59 Å². The molecule has 1 heterocycles. The lowest BCUT2D eigenvalue weighted by Gasteiger charge is -2.41. The van der Waals surface area contributed by atoms with Crippen LogP contribution in [0.4, 0.5) is 0 Å². The van der Waals surface area contributed by atoms with Gasteiger partial charge in [-0.25, -0.2) is 0 Å². The van der Waals surface area contributed by atoms with E-state index in [1.54, 1.807) is 18.7 Å². The van der Waals surface area contributed by atoms with Gasteiger partial charge in [-0.3, -0.25) is 9.59 Å². The van der Waals surface area contributed by atoms with Gasteiger partial charge in [0.05, 0.1) is 0 Å². The van der Waals surface area contributed by atoms with Gasteiger partial charge in [0.25, 0.3) is 0 Å². The summed E-state index contributed by atoms with van der Waals surface area (Å²) in [5, 5.41) is 2.70. The maximum atomic E-state index is 12.1. The highest BCUT2D eigenvalue weighted by atomic mass is 16.2. The van der Waals surface area contributed by atoms with Crippen LogP contribution in [-0.4, -0.2) is 34.8 Å². The smallest absolute Gasteiger partial charge is 0.245 e. The quantitative estimate of drug-likeness (QED) is 0.668. The van der Waals surface area contributed by atoms with Crippen LogP contribution in [0.15, 0.2) is 12.2 Å². The molecule has 1 N–H and O–H groups in total. The molecule has 2 rings (SSSR count). The van der Waals surface area contributed by atoms with Gasteiger partial charge in [-0.15, -0.1) is 0 Å². The topological polar surface area (TPSA) is 49.4 Å². The first-order valence-electron chi connectivity index (χ1n) is 5.89. The second kappa shape index (κ2) is 4.28. The van der Waals surface area contributed by atoms with Crippen molar-refractivity contribution in [3.05, 3.63) is 12.2 Å². The predicted octanol–water partition coefficient (Wildman–Crippen LogP) is 0.830. The van der Waals surface area contributed by atoms with Crippen LogP contribution in [0.1, 0.15) is 33.1 Å². The largest absolute Gasteiger partial charge is 0.343 e. The van der Waals surface area contributed by atoms with E-state index in [0.717, 1.165) is 19.3 Å². The highest BCUT2D eigenvalue weighted by Gasteiger charge is 2.39. The molecule has 0 aromatic heterocycles. The van der Waals surface area contributed by atoms with Crippen molar-refractivity contribution in [2.45, 2.75) is 51.2 Å². The molecule has 0 aromatic rings. The second-order valence-corrected chi connectivity index (χ2v) is 4.59. The van der Waals surface area contributed by atoms with Crippen molar-refractivity contribution in [1.29, 1.82) is 0 Å². The summed E-state index contributed by atoms with van der Waals surface area (Å²) in [5.74, 6) is 0.00838. The minimum absolute atomic E-state index is 0.0401. The SMILES string of the molecule is CC1NC(=O)C(C)N(C2CC=CCC2)C1=O. The molecule has 0 radical (unpaired) electrons. The number of amides is 2. The summed E-state index contributed by atoms with van der Waals surface area (Å²) in [6, 6.07) is -0.518. The first kappa shape index (κ1) is 11.2. The van der Waals surface area contributed by atoms with E-state index in [0.29, 0.717) is 0 Å². The molecule has 0 saturated carbocycles. The molecule has 88 valence electrons. The summed E-state index contributed by atoms with van der Waals surface area (Å²) in [6.45, 7) is 3.55. The van der Waals surface area contributed by atoms with E-state index < -0.39 is 0 Å². The molecule has 0 bridgehead atoms. The first-order valence-corrected chi connectivity index (χ1v) is 5.89. The number of hydrogen-bond donors (Lipinski definition) is 1. The van der Waals surface area contributed by atoms with E-state index in [1.165, 1.54) is 0 Å². The van der Waals surface area contributed by atoms with Crippen LogP contribution in [0, 0.1) is 0 Å². The van der Waals surface area contributed by atoms with Crippen molar-refractivity contribution < 1.29 is 9.59 Å². The fourth-order valence-corrected chi connectivity index (χ4v) is 2.46. The average Bonchev–Trinajstić information content (AvgIpc) is 2.28. The molecule has 4 nitrogen and oxygen atoms in total. The number of carbonyl (C=O) groups excluding carboxylic acids is 2. The summed E-state index contributed by atoms with van der Waals surface area (Å²) in [5.41, 5.74) is 0. The van der Waals surface area contributed by atoms with Gasteiger partial charge in [0, 0.05) is 6.04 Å². The monoisotopic (exact) mass is 222 g/mol. The Balaban J connectivity index is 2.18. The normalized spacial score (nSPS) is 35.1.